The maximum atomic E-state index is 12.3. The standard InChI is InChI=1S/C14H25N3O3S/c1-3-17-10-14(7-13(17)11-18)21(19,20)15-8-12-5-4-6-16(2)9-12/h7,10,12,15,18H,3-6,8-9,11H2,1-2H3. The number of nitrogens with one attached hydrogen (secondary N) is 1. The van der Waals surface area contributed by atoms with Gasteiger partial charge in [-0.3, -0.25) is 0 Å². The number of likely N-dealkylation sites (tertiary alicyclic amines) is 1. The molecule has 0 spiro atoms. The second kappa shape index (κ2) is 6.91. The molecule has 120 valence electrons. The summed E-state index contributed by atoms with van der Waals surface area (Å²) >= 11 is 0. The van der Waals surface area contributed by atoms with Crippen LogP contribution in [0.15, 0.2) is 17.2 Å². The molecule has 6 nitrogen and oxygen atoms in total. The normalized spacial score (nSPS) is 20.8. The summed E-state index contributed by atoms with van der Waals surface area (Å²) in [6.45, 7) is 4.89. The number of rotatable bonds is 6. The molecule has 0 radical (unpaired) electrons. The van der Waals surface area contributed by atoms with Crippen molar-refractivity contribution in [1.82, 2.24) is 14.2 Å². The van der Waals surface area contributed by atoms with Gasteiger partial charge in [-0.25, -0.2) is 13.1 Å². The van der Waals surface area contributed by atoms with Gasteiger partial charge >= 0.3 is 0 Å². The van der Waals surface area contributed by atoms with Crippen molar-refractivity contribution in [3.63, 3.8) is 0 Å². The molecule has 0 aromatic carbocycles. The number of piperidine rings is 1. The summed E-state index contributed by atoms with van der Waals surface area (Å²) in [5, 5.41) is 9.25. The van der Waals surface area contributed by atoms with Crippen molar-refractivity contribution >= 4 is 10.0 Å². The van der Waals surface area contributed by atoms with E-state index in [0.29, 0.717) is 24.7 Å². The zero-order valence-electron chi connectivity index (χ0n) is 12.7. The first-order chi connectivity index (χ1) is 9.96. The molecule has 1 saturated heterocycles. The summed E-state index contributed by atoms with van der Waals surface area (Å²) in [7, 11) is -1.43. The van der Waals surface area contributed by atoms with E-state index < -0.39 is 10.0 Å². The molecule has 7 heteroatoms. The Hall–Kier alpha value is -0.890. The van der Waals surface area contributed by atoms with Crippen LogP contribution in [0.5, 0.6) is 0 Å². The minimum absolute atomic E-state index is 0.156. The van der Waals surface area contributed by atoms with Crippen molar-refractivity contribution in [3.8, 4) is 0 Å². The molecular formula is C14H25N3O3S. The van der Waals surface area contributed by atoms with Gasteiger partial charge in [0.2, 0.25) is 10.0 Å². The predicted molar refractivity (Wildman–Crippen MR) is 81.4 cm³/mol. The van der Waals surface area contributed by atoms with Gasteiger partial charge in [-0.15, -0.1) is 0 Å². The molecule has 0 amide bonds. The largest absolute Gasteiger partial charge is 0.390 e. The lowest BCUT2D eigenvalue weighted by Crippen LogP contribution is -2.39. The van der Waals surface area contributed by atoms with Crippen LogP contribution >= 0.6 is 0 Å². The van der Waals surface area contributed by atoms with Crippen molar-refractivity contribution < 1.29 is 13.5 Å². The summed E-state index contributed by atoms with van der Waals surface area (Å²) in [5.41, 5.74) is 0.621. The summed E-state index contributed by atoms with van der Waals surface area (Å²) in [4.78, 5) is 2.47. The number of aromatic nitrogens is 1. The van der Waals surface area contributed by atoms with Crippen molar-refractivity contribution in [3.05, 3.63) is 18.0 Å². The zero-order valence-corrected chi connectivity index (χ0v) is 13.6. The van der Waals surface area contributed by atoms with Gasteiger partial charge in [-0.05, 0) is 45.3 Å². The van der Waals surface area contributed by atoms with E-state index in [0.717, 1.165) is 25.9 Å². The molecule has 1 fully saturated rings. The van der Waals surface area contributed by atoms with Gasteiger partial charge < -0.3 is 14.6 Å². The van der Waals surface area contributed by atoms with E-state index >= 15 is 0 Å². The summed E-state index contributed by atoms with van der Waals surface area (Å²) in [5.74, 6) is 0.365. The molecule has 1 atom stereocenters. The molecular weight excluding hydrogens is 290 g/mol. The van der Waals surface area contributed by atoms with Gasteiger partial charge in [-0.1, -0.05) is 0 Å². The highest BCUT2D eigenvalue weighted by molar-refractivity contribution is 7.89. The lowest BCUT2D eigenvalue weighted by atomic mass is 9.99. The molecule has 1 aromatic rings. The molecule has 21 heavy (non-hydrogen) atoms. The fourth-order valence-corrected chi connectivity index (χ4v) is 4.03. The van der Waals surface area contributed by atoms with Gasteiger partial charge in [0, 0.05) is 31.5 Å². The summed E-state index contributed by atoms with van der Waals surface area (Å²) in [6, 6.07) is 1.54. The zero-order chi connectivity index (χ0) is 15.5. The third-order valence-electron chi connectivity index (χ3n) is 4.06. The van der Waals surface area contributed by atoms with Crippen LogP contribution in [0.2, 0.25) is 0 Å². The fraction of sp³-hybridized carbons (Fsp3) is 0.714. The number of hydrogen-bond donors (Lipinski definition) is 2. The van der Waals surface area contributed by atoms with E-state index in [1.54, 1.807) is 16.8 Å². The van der Waals surface area contributed by atoms with Gasteiger partial charge in [0.1, 0.15) is 0 Å². The predicted octanol–water partition coefficient (Wildman–Crippen LogP) is 0.620. The Balaban J connectivity index is 2.02. The average Bonchev–Trinajstić information content (AvgIpc) is 2.89. The Morgan fingerprint density at radius 2 is 2.24 bits per heavy atom. The molecule has 0 bridgehead atoms. The maximum Gasteiger partial charge on any atom is 0.242 e. The molecule has 1 aromatic heterocycles. The monoisotopic (exact) mass is 315 g/mol. The Kier molecular flexibility index (Phi) is 5.43. The number of nitrogens with zero attached hydrogens (tertiary/aromatic N) is 2. The number of aliphatic hydroxyl groups is 1. The molecule has 0 saturated carbocycles. The number of aryl methyl sites for hydroxylation is 1. The second-order valence-electron chi connectivity index (χ2n) is 5.73. The van der Waals surface area contributed by atoms with Crippen molar-refractivity contribution in [1.29, 1.82) is 0 Å². The molecule has 2 N–H and O–H groups in total. The van der Waals surface area contributed by atoms with Crippen LogP contribution in [-0.4, -0.2) is 49.7 Å². The van der Waals surface area contributed by atoms with Gasteiger partial charge in [0.25, 0.3) is 0 Å². The average molecular weight is 315 g/mol. The summed E-state index contributed by atoms with van der Waals surface area (Å²) in [6.07, 6.45) is 3.76. The molecule has 1 unspecified atom stereocenters. The Labute approximate surface area is 126 Å². The van der Waals surface area contributed by atoms with Crippen LogP contribution in [0.1, 0.15) is 25.5 Å². The highest BCUT2D eigenvalue weighted by atomic mass is 32.2. The fourth-order valence-electron chi connectivity index (χ4n) is 2.85. The molecule has 1 aliphatic heterocycles. The molecule has 2 rings (SSSR count). The Morgan fingerprint density at radius 1 is 1.48 bits per heavy atom. The van der Waals surface area contributed by atoms with E-state index in [9.17, 15) is 13.5 Å². The third-order valence-corrected chi connectivity index (χ3v) is 5.45. The van der Waals surface area contributed by atoms with E-state index in [1.807, 2.05) is 6.92 Å². The number of aliphatic hydroxyl groups excluding tert-OH is 1. The number of hydrogen-bond acceptors (Lipinski definition) is 4. The highest BCUT2D eigenvalue weighted by Gasteiger charge is 2.22. The second-order valence-corrected chi connectivity index (χ2v) is 7.50. The maximum absolute atomic E-state index is 12.3. The Morgan fingerprint density at radius 3 is 2.81 bits per heavy atom. The quantitative estimate of drug-likeness (QED) is 0.807. The van der Waals surface area contributed by atoms with Crippen molar-refractivity contribution in [2.24, 2.45) is 5.92 Å². The minimum Gasteiger partial charge on any atom is -0.390 e. The SMILES string of the molecule is CCn1cc(S(=O)(=O)NCC2CCCN(C)C2)cc1CO. The topological polar surface area (TPSA) is 74.6 Å². The minimum atomic E-state index is -3.50. The van der Waals surface area contributed by atoms with Crippen LogP contribution in [0.3, 0.4) is 0 Å². The van der Waals surface area contributed by atoms with E-state index in [1.165, 1.54) is 0 Å². The highest BCUT2D eigenvalue weighted by Crippen LogP contribution is 2.17. The smallest absolute Gasteiger partial charge is 0.242 e. The van der Waals surface area contributed by atoms with Crippen LogP contribution in [0, 0.1) is 5.92 Å². The van der Waals surface area contributed by atoms with Gasteiger partial charge in [0.05, 0.1) is 11.5 Å². The van der Waals surface area contributed by atoms with Crippen LogP contribution in [0.25, 0.3) is 0 Å². The van der Waals surface area contributed by atoms with Crippen LogP contribution in [-0.2, 0) is 23.2 Å². The van der Waals surface area contributed by atoms with Crippen molar-refractivity contribution in [2.45, 2.75) is 37.8 Å². The lowest BCUT2D eigenvalue weighted by Gasteiger charge is -2.29. The van der Waals surface area contributed by atoms with E-state index in [2.05, 4.69) is 16.7 Å². The van der Waals surface area contributed by atoms with Crippen LogP contribution < -0.4 is 4.72 Å². The van der Waals surface area contributed by atoms with E-state index in [4.69, 9.17) is 0 Å². The molecule has 2 heterocycles. The Bertz CT molecular complexity index is 547. The van der Waals surface area contributed by atoms with E-state index in [-0.39, 0.29) is 11.5 Å². The first-order valence-electron chi connectivity index (χ1n) is 7.44. The van der Waals surface area contributed by atoms with Crippen LogP contribution in [0.4, 0.5) is 0 Å². The lowest BCUT2D eigenvalue weighted by molar-refractivity contribution is 0.211. The van der Waals surface area contributed by atoms with Crippen molar-refractivity contribution in [2.75, 3.05) is 26.7 Å². The summed E-state index contributed by atoms with van der Waals surface area (Å²) < 4.78 is 29.1. The third kappa shape index (κ3) is 4.06. The first kappa shape index (κ1) is 16.5. The van der Waals surface area contributed by atoms with Gasteiger partial charge in [0.15, 0.2) is 0 Å². The first-order valence-corrected chi connectivity index (χ1v) is 8.92. The number of sulfonamides is 1. The van der Waals surface area contributed by atoms with Gasteiger partial charge in [-0.2, -0.15) is 0 Å². The molecule has 0 aliphatic carbocycles. The molecule has 1 aliphatic rings.